The van der Waals surface area contributed by atoms with E-state index in [1.54, 1.807) is 0 Å². The van der Waals surface area contributed by atoms with Crippen LogP contribution in [0.1, 0.15) is 55.4 Å². The molecule has 2 nitrogen and oxygen atoms in total. The van der Waals surface area contributed by atoms with Crippen LogP contribution in [-0.2, 0) is 4.74 Å². The van der Waals surface area contributed by atoms with Crippen LogP contribution in [0.25, 0.3) is 0 Å². The SMILES string of the molecule is C[C@@H](OC(C)(C)C)[C@H](C)N(C)C(C)(C)C. The van der Waals surface area contributed by atoms with Crippen LogP contribution in [-0.4, -0.2) is 35.2 Å². The number of ether oxygens (including phenoxy) is 1. The molecule has 0 spiro atoms. The summed E-state index contributed by atoms with van der Waals surface area (Å²) in [6.07, 6.45) is 0.245. The van der Waals surface area contributed by atoms with Gasteiger partial charge in [-0.1, -0.05) is 0 Å². The Balaban J connectivity index is 4.39. The van der Waals surface area contributed by atoms with Gasteiger partial charge in [0.1, 0.15) is 0 Å². The minimum atomic E-state index is -0.0631. The van der Waals surface area contributed by atoms with Gasteiger partial charge >= 0.3 is 0 Å². The van der Waals surface area contributed by atoms with Crippen LogP contribution in [0.3, 0.4) is 0 Å². The van der Waals surface area contributed by atoms with Crippen molar-refractivity contribution in [3.05, 3.63) is 0 Å². The first kappa shape index (κ1) is 14.9. The summed E-state index contributed by atoms with van der Waals surface area (Å²) < 4.78 is 5.97. The first-order chi connectivity index (χ1) is 6.45. The highest BCUT2D eigenvalue weighted by molar-refractivity contribution is 4.82. The van der Waals surface area contributed by atoms with E-state index in [9.17, 15) is 0 Å². The fourth-order valence-electron chi connectivity index (χ4n) is 1.58. The Morgan fingerprint density at radius 2 is 1.33 bits per heavy atom. The zero-order chi connectivity index (χ0) is 12.4. The minimum Gasteiger partial charge on any atom is -0.371 e. The smallest absolute Gasteiger partial charge is 0.0706 e. The maximum absolute atomic E-state index is 5.97. The summed E-state index contributed by atoms with van der Waals surface area (Å²) in [4.78, 5) is 2.36. The van der Waals surface area contributed by atoms with E-state index in [2.05, 4.69) is 67.3 Å². The van der Waals surface area contributed by atoms with Crippen molar-refractivity contribution in [2.24, 2.45) is 0 Å². The van der Waals surface area contributed by atoms with E-state index in [-0.39, 0.29) is 17.2 Å². The van der Waals surface area contributed by atoms with Gasteiger partial charge in [0.15, 0.2) is 0 Å². The van der Waals surface area contributed by atoms with E-state index >= 15 is 0 Å². The first-order valence-electron chi connectivity index (χ1n) is 5.86. The molecule has 0 heterocycles. The number of nitrogens with zero attached hydrogens (tertiary/aromatic N) is 1. The highest BCUT2D eigenvalue weighted by atomic mass is 16.5. The number of likely N-dealkylation sites (N-methyl/N-ethyl adjacent to an activating group) is 1. The minimum absolute atomic E-state index is 0.0631. The molecule has 0 N–H and O–H groups in total. The monoisotopic (exact) mass is 215 g/mol. The molecule has 0 amide bonds. The lowest BCUT2D eigenvalue weighted by Crippen LogP contribution is -2.50. The molecular weight excluding hydrogens is 186 g/mol. The molecule has 0 saturated heterocycles. The second kappa shape index (κ2) is 4.84. The third-order valence-electron chi connectivity index (χ3n) is 2.89. The number of rotatable bonds is 3. The van der Waals surface area contributed by atoms with Crippen molar-refractivity contribution in [2.45, 2.75) is 78.7 Å². The van der Waals surface area contributed by atoms with Gasteiger partial charge in [-0.25, -0.2) is 0 Å². The van der Waals surface area contributed by atoms with Gasteiger partial charge in [-0.05, 0) is 62.4 Å². The molecule has 15 heavy (non-hydrogen) atoms. The molecule has 0 rings (SSSR count). The van der Waals surface area contributed by atoms with E-state index in [4.69, 9.17) is 4.74 Å². The summed E-state index contributed by atoms with van der Waals surface area (Å²) >= 11 is 0. The van der Waals surface area contributed by atoms with Crippen LogP contribution in [0.4, 0.5) is 0 Å². The summed E-state index contributed by atoms with van der Waals surface area (Å²) in [6, 6.07) is 0.421. The molecule has 0 aliphatic rings. The molecule has 2 atom stereocenters. The van der Waals surface area contributed by atoms with Gasteiger partial charge in [0.25, 0.3) is 0 Å². The van der Waals surface area contributed by atoms with Gasteiger partial charge in [-0.3, -0.25) is 4.90 Å². The highest BCUT2D eigenvalue weighted by Crippen LogP contribution is 2.20. The van der Waals surface area contributed by atoms with E-state index < -0.39 is 0 Å². The van der Waals surface area contributed by atoms with Crippen LogP contribution in [0.5, 0.6) is 0 Å². The Labute approximate surface area is 96.0 Å². The average molecular weight is 215 g/mol. The van der Waals surface area contributed by atoms with E-state index in [1.807, 2.05) is 0 Å². The van der Waals surface area contributed by atoms with E-state index in [1.165, 1.54) is 0 Å². The third-order valence-corrected chi connectivity index (χ3v) is 2.89. The highest BCUT2D eigenvalue weighted by Gasteiger charge is 2.28. The van der Waals surface area contributed by atoms with Crippen LogP contribution in [0.15, 0.2) is 0 Å². The van der Waals surface area contributed by atoms with Crippen molar-refractivity contribution < 1.29 is 4.74 Å². The molecule has 0 aliphatic heterocycles. The second-order valence-corrected chi connectivity index (χ2v) is 6.46. The van der Waals surface area contributed by atoms with Crippen molar-refractivity contribution in [3.8, 4) is 0 Å². The Kier molecular flexibility index (Phi) is 4.81. The summed E-state index contributed by atoms with van der Waals surface area (Å²) in [6.45, 7) is 17.4. The molecule has 2 heteroatoms. The van der Waals surface area contributed by atoms with Crippen molar-refractivity contribution in [1.29, 1.82) is 0 Å². The van der Waals surface area contributed by atoms with Crippen molar-refractivity contribution in [1.82, 2.24) is 4.90 Å². The van der Waals surface area contributed by atoms with E-state index in [0.29, 0.717) is 6.04 Å². The fourth-order valence-corrected chi connectivity index (χ4v) is 1.58. The van der Waals surface area contributed by atoms with Crippen LogP contribution in [0, 0.1) is 0 Å². The van der Waals surface area contributed by atoms with Gasteiger partial charge in [-0.15, -0.1) is 0 Å². The largest absolute Gasteiger partial charge is 0.371 e. The molecule has 0 aromatic carbocycles. The predicted octanol–water partition coefficient (Wildman–Crippen LogP) is 3.31. The lowest BCUT2D eigenvalue weighted by Gasteiger charge is -2.41. The molecule has 0 fully saturated rings. The molecule has 0 bridgehead atoms. The molecule has 0 unspecified atom stereocenters. The zero-order valence-electron chi connectivity index (χ0n) is 12.0. The normalized spacial score (nSPS) is 18.0. The Hall–Kier alpha value is -0.0800. The van der Waals surface area contributed by atoms with Crippen molar-refractivity contribution >= 4 is 0 Å². The number of hydrogen-bond donors (Lipinski definition) is 0. The standard InChI is InChI=1S/C13H29NO/c1-10(14(9)12(3,4)5)11(2)15-13(6,7)8/h10-11H,1-9H3/t10-,11+/m0/s1. The van der Waals surface area contributed by atoms with Gasteiger partial charge in [-0.2, -0.15) is 0 Å². The maximum atomic E-state index is 5.97. The molecule has 92 valence electrons. The average Bonchev–Trinajstić information content (AvgIpc) is 1.96. The van der Waals surface area contributed by atoms with Crippen LogP contribution in [0.2, 0.25) is 0 Å². The van der Waals surface area contributed by atoms with Crippen molar-refractivity contribution in [3.63, 3.8) is 0 Å². The lowest BCUT2D eigenvalue weighted by molar-refractivity contribution is -0.0909. The zero-order valence-corrected chi connectivity index (χ0v) is 12.0. The summed E-state index contributed by atoms with van der Waals surface area (Å²) in [5, 5.41) is 0. The quantitative estimate of drug-likeness (QED) is 0.716. The molecule has 0 aliphatic carbocycles. The Morgan fingerprint density at radius 1 is 0.933 bits per heavy atom. The Bertz CT molecular complexity index is 188. The van der Waals surface area contributed by atoms with Gasteiger partial charge < -0.3 is 4.74 Å². The summed E-state index contributed by atoms with van der Waals surface area (Å²) in [5.41, 5.74) is 0.126. The van der Waals surface area contributed by atoms with Crippen LogP contribution >= 0.6 is 0 Å². The Morgan fingerprint density at radius 3 is 1.60 bits per heavy atom. The predicted molar refractivity (Wildman–Crippen MR) is 67.3 cm³/mol. The first-order valence-corrected chi connectivity index (χ1v) is 5.86. The number of hydrogen-bond acceptors (Lipinski definition) is 2. The maximum Gasteiger partial charge on any atom is 0.0706 e. The van der Waals surface area contributed by atoms with Crippen molar-refractivity contribution in [2.75, 3.05) is 7.05 Å². The topological polar surface area (TPSA) is 12.5 Å². The summed E-state index contributed by atoms with van der Waals surface area (Å²) in [5.74, 6) is 0. The lowest BCUT2D eigenvalue weighted by atomic mass is 10.0. The van der Waals surface area contributed by atoms with Crippen LogP contribution < -0.4 is 0 Å². The van der Waals surface area contributed by atoms with Gasteiger partial charge in [0.05, 0.1) is 11.7 Å². The third kappa shape index (κ3) is 5.53. The fraction of sp³-hybridized carbons (Fsp3) is 1.00. The van der Waals surface area contributed by atoms with Gasteiger partial charge in [0, 0.05) is 11.6 Å². The molecule has 0 radical (unpaired) electrons. The molecular formula is C13H29NO. The second-order valence-electron chi connectivity index (χ2n) is 6.46. The summed E-state index contributed by atoms with van der Waals surface area (Å²) in [7, 11) is 2.16. The molecule has 0 aromatic heterocycles. The van der Waals surface area contributed by atoms with Gasteiger partial charge in [0.2, 0.25) is 0 Å². The molecule has 0 aromatic rings. The van der Waals surface area contributed by atoms with E-state index in [0.717, 1.165) is 0 Å². The molecule has 0 saturated carbocycles.